The fourth-order valence-electron chi connectivity index (χ4n) is 2.70. The summed E-state index contributed by atoms with van der Waals surface area (Å²) in [6.45, 7) is 0.438. The van der Waals surface area contributed by atoms with Crippen LogP contribution in [0.15, 0.2) is 63.6 Å². The molecule has 140 valence electrons. The number of rotatable bonds is 6. The molecule has 2 aromatic carbocycles. The third-order valence-corrected chi connectivity index (χ3v) is 4.99. The van der Waals surface area contributed by atoms with Crippen LogP contribution in [0.25, 0.3) is 11.3 Å². The van der Waals surface area contributed by atoms with E-state index in [1.807, 2.05) is 67.5 Å². The summed E-state index contributed by atoms with van der Waals surface area (Å²) < 4.78 is 6.29. The number of hydrogen-bond acceptors (Lipinski definition) is 4. The van der Waals surface area contributed by atoms with Gasteiger partial charge in [-0.2, -0.15) is 0 Å². The van der Waals surface area contributed by atoms with Crippen molar-refractivity contribution in [3.05, 3.63) is 75.4 Å². The maximum absolute atomic E-state index is 12.5. The molecule has 1 aromatic heterocycles. The van der Waals surface area contributed by atoms with Crippen molar-refractivity contribution in [1.82, 2.24) is 15.4 Å². The maximum Gasteiger partial charge on any atom is 0.273 e. The Morgan fingerprint density at radius 3 is 2.48 bits per heavy atom. The van der Waals surface area contributed by atoms with Crippen molar-refractivity contribution in [3.63, 3.8) is 0 Å². The van der Waals surface area contributed by atoms with Crippen LogP contribution < -0.4 is 5.32 Å². The number of carbonyl (C=O) groups excluding carboxylic acids is 1. The van der Waals surface area contributed by atoms with Gasteiger partial charge in [0.1, 0.15) is 0 Å². The van der Waals surface area contributed by atoms with Crippen molar-refractivity contribution in [2.24, 2.45) is 0 Å². The fourth-order valence-corrected chi connectivity index (χ4v) is 3.09. The molecule has 1 amide bonds. The second-order valence-corrected chi connectivity index (χ2v) is 7.68. The molecule has 27 heavy (non-hydrogen) atoms. The van der Waals surface area contributed by atoms with E-state index in [0.29, 0.717) is 17.3 Å². The third-order valence-electron chi connectivity index (χ3n) is 4.21. The first-order valence-corrected chi connectivity index (χ1v) is 9.54. The molecule has 0 fully saturated rings. The fraction of sp³-hybridized carbons (Fsp3) is 0.200. The van der Waals surface area contributed by atoms with E-state index < -0.39 is 0 Å². The number of amides is 1. The minimum Gasteiger partial charge on any atom is -0.355 e. The van der Waals surface area contributed by atoms with Crippen LogP contribution in [0.2, 0.25) is 5.02 Å². The van der Waals surface area contributed by atoms with Gasteiger partial charge < -0.3 is 14.7 Å². The zero-order chi connectivity index (χ0) is 19.4. The quantitative estimate of drug-likeness (QED) is 0.589. The lowest BCUT2D eigenvalue weighted by Gasteiger charge is -2.25. The zero-order valence-corrected chi connectivity index (χ0v) is 17.3. The Morgan fingerprint density at radius 2 is 1.85 bits per heavy atom. The lowest BCUT2D eigenvalue weighted by atomic mass is 10.1. The highest BCUT2D eigenvalue weighted by atomic mass is 79.9. The molecule has 0 aliphatic carbocycles. The number of nitrogens with one attached hydrogen (secondary N) is 1. The maximum atomic E-state index is 12.5. The highest BCUT2D eigenvalue weighted by Crippen LogP contribution is 2.23. The largest absolute Gasteiger partial charge is 0.355 e. The molecular weight excluding hydrogens is 430 g/mol. The lowest BCUT2D eigenvalue weighted by molar-refractivity contribution is 0.0933. The molecule has 7 heteroatoms. The molecule has 0 saturated heterocycles. The predicted octanol–water partition coefficient (Wildman–Crippen LogP) is 4.79. The number of likely N-dealkylation sites (N-methyl/N-ethyl adjacent to an activating group) is 1. The van der Waals surface area contributed by atoms with E-state index in [2.05, 4.69) is 26.4 Å². The second kappa shape index (κ2) is 8.69. The molecule has 0 unspecified atom stereocenters. The molecule has 1 N–H and O–H groups in total. The van der Waals surface area contributed by atoms with Crippen LogP contribution in [0.5, 0.6) is 0 Å². The lowest BCUT2D eigenvalue weighted by Crippen LogP contribution is -2.34. The summed E-state index contributed by atoms with van der Waals surface area (Å²) in [5.41, 5.74) is 2.18. The van der Waals surface area contributed by atoms with Gasteiger partial charge in [0.05, 0.1) is 6.04 Å². The van der Waals surface area contributed by atoms with Crippen LogP contribution in [0.4, 0.5) is 0 Å². The summed E-state index contributed by atoms with van der Waals surface area (Å²) in [7, 11) is 3.93. The molecular formula is C20H19BrClN3O2. The molecule has 0 aliphatic heterocycles. The van der Waals surface area contributed by atoms with Crippen molar-refractivity contribution in [1.29, 1.82) is 0 Å². The Labute approximate surface area is 171 Å². The normalized spacial score (nSPS) is 12.2. The molecule has 1 atom stereocenters. The second-order valence-electron chi connectivity index (χ2n) is 6.32. The number of nitrogens with zero attached hydrogens (tertiary/aromatic N) is 2. The average molecular weight is 449 g/mol. The monoisotopic (exact) mass is 447 g/mol. The van der Waals surface area contributed by atoms with E-state index in [9.17, 15) is 4.79 Å². The van der Waals surface area contributed by atoms with Gasteiger partial charge in [-0.25, -0.2) is 0 Å². The van der Waals surface area contributed by atoms with Gasteiger partial charge in [0.2, 0.25) is 0 Å². The molecule has 0 spiro atoms. The summed E-state index contributed by atoms with van der Waals surface area (Å²) in [4.78, 5) is 14.5. The molecule has 0 bridgehead atoms. The highest BCUT2D eigenvalue weighted by molar-refractivity contribution is 9.10. The SMILES string of the molecule is CN(C)[C@H](CNC(=O)c1cc(-c2ccc(Br)cc2)on1)c1ccc(Cl)cc1. The number of halogens is 2. The number of carbonyl (C=O) groups is 1. The summed E-state index contributed by atoms with van der Waals surface area (Å²) in [5, 5.41) is 7.50. The summed E-state index contributed by atoms with van der Waals surface area (Å²) in [6, 6.07) is 16.9. The first kappa shape index (κ1) is 19.6. The van der Waals surface area contributed by atoms with Gasteiger partial charge in [0.15, 0.2) is 11.5 Å². The van der Waals surface area contributed by atoms with E-state index >= 15 is 0 Å². The van der Waals surface area contributed by atoms with E-state index in [-0.39, 0.29) is 17.6 Å². The van der Waals surface area contributed by atoms with Crippen molar-refractivity contribution in [2.45, 2.75) is 6.04 Å². The van der Waals surface area contributed by atoms with E-state index in [0.717, 1.165) is 15.6 Å². The summed E-state index contributed by atoms with van der Waals surface area (Å²) in [6.07, 6.45) is 0. The van der Waals surface area contributed by atoms with E-state index in [1.54, 1.807) is 6.07 Å². The van der Waals surface area contributed by atoms with Gasteiger partial charge in [-0.1, -0.05) is 57.0 Å². The molecule has 1 heterocycles. The van der Waals surface area contributed by atoms with Crippen LogP contribution in [0, 0.1) is 0 Å². The van der Waals surface area contributed by atoms with Crippen molar-refractivity contribution in [2.75, 3.05) is 20.6 Å². The smallest absolute Gasteiger partial charge is 0.273 e. The highest BCUT2D eigenvalue weighted by Gasteiger charge is 2.18. The molecule has 0 radical (unpaired) electrons. The van der Waals surface area contributed by atoms with Crippen LogP contribution >= 0.6 is 27.5 Å². The van der Waals surface area contributed by atoms with Crippen LogP contribution in [0.3, 0.4) is 0 Å². The number of aromatic nitrogens is 1. The Bertz CT molecular complexity index is 908. The topological polar surface area (TPSA) is 58.4 Å². The Balaban J connectivity index is 1.67. The van der Waals surface area contributed by atoms with Gasteiger partial charge in [-0.3, -0.25) is 4.79 Å². The van der Waals surface area contributed by atoms with E-state index in [1.165, 1.54) is 0 Å². The predicted molar refractivity (Wildman–Crippen MR) is 110 cm³/mol. The molecule has 5 nitrogen and oxygen atoms in total. The minimum absolute atomic E-state index is 0.0176. The number of hydrogen-bond donors (Lipinski definition) is 1. The number of benzene rings is 2. The Morgan fingerprint density at radius 1 is 1.19 bits per heavy atom. The van der Waals surface area contributed by atoms with Crippen molar-refractivity contribution < 1.29 is 9.32 Å². The van der Waals surface area contributed by atoms with Gasteiger partial charge in [0, 0.05) is 27.7 Å². The average Bonchev–Trinajstić information content (AvgIpc) is 3.14. The van der Waals surface area contributed by atoms with Crippen LogP contribution in [-0.4, -0.2) is 36.6 Å². The van der Waals surface area contributed by atoms with Gasteiger partial charge in [-0.15, -0.1) is 0 Å². The molecule has 3 aromatic rings. The van der Waals surface area contributed by atoms with Gasteiger partial charge >= 0.3 is 0 Å². The van der Waals surface area contributed by atoms with Crippen molar-refractivity contribution >= 4 is 33.4 Å². The van der Waals surface area contributed by atoms with Gasteiger partial charge in [0.25, 0.3) is 5.91 Å². The van der Waals surface area contributed by atoms with Crippen molar-refractivity contribution in [3.8, 4) is 11.3 Å². The Kier molecular flexibility index (Phi) is 6.31. The zero-order valence-electron chi connectivity index (χ0n) is 14.9. The molecule has 3 rings (SSSR count). The van der Waals surface area contributed by atoms with Crippen LogP contribution in [0.1, 0.15) is 22.1 Å². The van der Waals surface area contributed by atoms with Crippen LogP contribution in [-0.2, 0) is 0 Å². The first-order valence-electron chi connectivity index (χ1n) is 8.37. The molecule has 0 aliphatic rings. The van der Waals surface area contributed by atoms with Gasteiger partial charge in [-0.05, 0) is 43.9 Å². The van der Waals surface area contributed by atoms with E-state index in [4.69, 9.17) is 16.1 Å². The summed E-state index contributed by atoms with van der Waals surface area (Å²) >= 11 is 9.35. The first-order chi connectivity index (χ1) is 12.9. The summed E-state index contributed by atoms with van der Waals surface area (Å²) in [5.74, 6) is 0.275. The standard InChI is InChI=1S/C20H19BrClN3O2/c1-25(2)18(13-5-9-16(22)10-6-13)12-23-20(26)17-11-19(27-24-17)14-3-7-15(21)8-4-14/h3-11,18H,12H2,1-2H3,(H,23,26)/t18-/m1/s1. The third kappa shape index (κ3) is 4.97. The Hall–Kier alpha value is -2.15. The minimum atomic E-state index is -0.275. The molecule has 0 saturated carbocycles.